The molecule has 0 saturated heterocycles. The average molecular weight is 324 g/mol. The lowest BCUT2D eigenvalue weighted by molar-refractivity contribution is -0.122. The largest absolute Gasteiger partial charge is 0.369 e. The van der Waals surface area contributed by atoms with Crippen LogP contribution in [0.1, 0.15) is 27.2 Å². The van der Waals surface area contributed by atoms with Crippen molar-refractivity contribution in [2.75, 3.05) is 5.32 Å². The van der Waals surface area contributed by atoms with E-state index in [2.05, 4.69) is 32.6 Å². The summed E-state index contributed by atoms with van der Waals surface area (Å²) in [4.78, 5) is 11.8. The first-order valence-corrected chi connectivity index (χ1v) is 6.82. The number of hydrogen-bond acceptors (Lipinski definition) is 3. The van der Waals surface area contributed by atoms with Crippen LogP contribution in [0.2, 0.25) is 0 Å². The highest BCUT2D eigenvalue weighted by Crippen LogP contribution is 2.15. The molecule has 0 fully saturated rings. The van der Waals surface area contributed by atoms with Gasteiger partial charge in [-0.15, -0.1) is 0 Å². The molecule has 5 heteroatoms. The fourth-order valence-corrected chi connectivity index (χ4v) is 1.80. The number of nitrogens with zero attached hydrogens (tertiary/aromatic N) is 1. The Morgan fingerprint density at radius 1 is 1.37 bits per heavy atom. The molecule has 0 bridgehead atoms. The Labute approximate surface area is 122 Å². The summed E-state index contributed by atoms with van der Waals surface area (Å²) in [6.07, 6.45) is 0.129. The van der Waals surface area contributed by atoms with E-state index in [1.807, 2.05) is 45.0 Å². The Balaban J connectivity index is 2.57. The van der Waals surface area contributed by atoms with E-state index in [-0.39, 0.29) is 17.9 Å². The van der Waals surface area contributed by atoms with E-state index in [0.717, 1.165) is 10.2 Å². The van der Waals surface area contributed by atoms with Crippen molar-refractivity contribution in [1.29, 1.82) is 5.26 Å². The predicted molar refractivity (Wildman–Crippen MR) is 79.7 cm³/mol. The van der Waals surface area contributed by atoms with Crippen molar-refractivity contribution >= 4 is 27.5 Å². The van der Waals surface area contributed by atoms with Crippen LogP contribution in [0.5, 0.6) is 0 Å². The van der Waals surface area contributed by atoms with Gasteiger partial charge in [-0.3, -0.25) is 4.79 Å². The number of benzene rings is 1. The van der Waals surface area contributed by atoms with Crippen LogP contribution in [0.4, 0.5) is 5.69 Å². The van der Waals surface area contributed by atoms with Crippen LogP contribution in [-0.4, -0.2) is 17.5 Å². The average Bonchev–Trinajstić information content (AvgIpc) is 2.28. The number of rotatable bonds is 4. The molecule has 0 aliphatic heterocycles. The summed E-state index contributed by atoms with van der Waals surface area (Å²) in [7, 11) is 0. The second-order valence-electron chi connectivity index (χ2n) is 5.34. The highest BCUT2D eigenvalue weighted by atomic mass is 79.9. The van der Waals surface area contributed by atoms with E-state index < -0.39 is 6.04 Å². The molecule has 1 atom stereocenters. The van der Waals surface area contributed by atoms with Gasteiger partial charge < -0.3 is 10.6 Å². The molecule has 0 spiro atoms. The SMILES string of the molecule is CC(C)(C)NC(=O)CC(C#N)Nc1ccc(Br)cc1. The van der Waals surface area contributed by atoms with Gasteiger partial charge in [0.25, 0.3) is 0 Å². The van der Waals surface area contributed by atoms with Crippen molar-refractivity contribution in [3.8, 4) is 6.07 Å². The molecule has 0 saturated carbocycles. The van der Waals surface area contributed by atoms with E-state index in [9.17, 15) is 4.79 Å². The Hall–Kier alpha value is -1.54. The molecule has 1 rings (SSSR count). The summed E-state index contributed by atoms with van der Waals surface area (Å²) in [6.45, 7) is 5.73. The van der Waals surface area contributed by atoms with Gasteiger partial charge in [-0.25, -0.2) is 0 Å². The molecule has 0 heterocycles. The quantitative estimate of drug-likeness (QED) is 0.895. The van der Waals surface area contributed by atoms with Crippen LogP contribution in [0.15, 0.2) is 28.7 Å². The second-order valence-corrected chi connectivity index (χ2v) is 6.25. The van der Waals surface area contributed by atoms with Gasteiger partial charge in [0, 0.05) is 15.7 Å². The smallest absolute Gasteiger partial charge is 0.223 e. The van der Waals surface area contributed by atoms with Crippen molar-refractivity contribution in [1.82, 2.24) is 5.32 Å². The molecular formula is C14H18BrN3O. The number of anilines is 1. The summed E-state index contributed by atoms with van der Waals surface area (Å²) in [5.41, 5.74) is 0.535. The zero-order valence-electron chi connectivity index (χ0n) is 11.3. The molecule has 4 nitrogen and oxygen atoms in total. The summed E-state index contributed by atoms with van der Waals surface area (Å²) in [5.74, 6) is -0.135. The maximum atomic E-state index is 11.8. The minimum atomic E-state index is -0.538. The lowest BCUT2D eigenvalue weighted by atomic mass is 10.1. The van der Waals surface area contributed by atoms with Gasteiger partial charge >= 0.3 is 0 Å². The maximum absolute atomic E-state index is 11.8. The van der Waals surface area contributed by atoms with Crippen LogP contribution in [0.3, 0.4) is 0 Å². The Kier molecular flexibility index (Phi) is 5.37. The van der Waals surface area contributed by atoms with E-state index in [0.29, 0.717) is 0 Å². The molecule has 1 unspecified atom stereocenters. The highest BCUT2D eigenvalue weighted by molar-refractivity contribution is 9.10. The summed E-state index contributed by atoms with van der Waals surface area (Å²) in [5, 5.41) is 15.0. The first-order chi connectivity index (χ1) is 8.80. The third-order valence-corrected chi connectivity index (χ3v) is 2.77. The number of nitrogens with one attached hydrogen (secondary N) is 2. The first kappa shape index (κ1) is 15.5. The predicted octanol–water partition coefficient (Wildman–Crippen LogP) is 3.06. The standard InChI is InChI=1S/C14H18BrN3O/c1-14(2,3)18-13(19)8-12(9-16)17-11-6-4-10(15)5-7-11/h4-7,12,17H,8H2,1-3H3,(H,18,19). The molecule has 2 N–H and O–H groups in total. The zero-order valence-corrected chi connectivity index (χ0v) is 12.9. The molecular weight excluding hydrogens is 306 g/mol. The van der Waals surface area contributed by atoms with Gasteiger partial charge in [0.15, 0.2) is 0 Å². The third kappa shape index (κ3) is 6.25. The van der Waals surface area contributed by atoms with Crippen LogP contribution < -0.4 is 10.6 Å². The fourth-order valence-electron chi connectivity index (χ4n) is 1.53. The molecule has 19 heavy (non-hydrogen) atoms. The van der Waals surface area contributed by atoms with Gasteiger partial charge in [-0.05, 0) is 45.0 Å². The molecule has 0 aliphatic carbocycles. The topological polar surface area (TPSA) is 64.9 Å². The van der Waals surface area contributed by atoms with Gasteiger partial charge in [0.1, 0.15) is 6.04 Å². The van der Waals surface area contributed by atoms with E-state index in [1.54, 1.807) is 0 Å². The number of hydrogen-bond donors (Lipinski definition) is 2. The zero-order chi connectivity index (χ0) is 14.5. The molecule has 102 valence electrons. The maximum Gasteiger partial charge on any atom is 0.223 e. The summed E-state index contributed by atoms with van der Waals surface area (Å²) in [6, 6.07) is 9.04. The van der Waals surface area contributed by atoms with Crippen molar-refractivity contribution < 1.29 is 4.79 Å². The monoisotopic (exact) mass is 323 g/mol. The van der Waals surface area contributed by atoms with Crippen LogP contribution >= 0.6 is 15.9 Å². The minimum Gasteiger partial charge on any atom is -0.369 e. The van der Waals surface area contributed by atoms with Gasteiger partial charge in [-0.1, -0.05) is 15.9 Å². The highest BCUT2D eigenvalue weighted by Gasteiger charge is 2.18. The molecule has 0 aromatic heterocycles. The molecule has 0 aliphatic rings. The van der Waals surface area contributed by atoms with Crippen LogP contribution in [0.25, 0.3) is 0 Å². The first-order valence-electron chi connectivity index (χ1n) is 6.03. The fraction of sp³-hybridized carbons (Fsp3) is 0.429. The van der Waals surface area contributed by atoms with Gasteiger partial charge in [-0.2, -0.15) is 5.26 Å². The van der Waals surface area contributed by atoms with Gasteiger partial charge in [0.2, 0.25) is 5.91 Å². The van der Waals surface area contributed by atoms with E-state index >= 15 is 0 Å². The van der Waals surface area contributed by atoms with E-state index in [1.165, 1.54) is 0 Å². The minimum absolute atomic E-state index is 0.129. The Bertz CT molecular complexity index is 471. The second kappa shape index (κ2) is 6.58. The summed E-state index contributed by atoms with van der Waals surface area (Å²) < 4.78 is 0.969. The lowest BCUT2D eigenvalue weighted by Crippen LogP contribution is -2.42. The number of halogens is 1. The van der Waals surface area contributed by atoms with Gasteiger partial charge in [0.05, 0.1) is 12.5 Å². The lowest BCUT2D eigenvalue weighted by Gasteiger charge is -2.21. The Morgan fingerprint density at radius 3 is 2.42 bits per heavy atom. The van der Waals surface area contributed by atoms with Crippen molar-refractivity contribution in [2.24, 2.45) is 0 Å². The van der Waals surface area contributed by atoms with Crippen LogP contribution in [-0.2, 0) is 4.79 Å². The molecule has 1 amide bonds. The number of amides is 1. The number of carbonyl (C=O) groups excluding carboxylic acids is 1. The van der Waals surface area contributed by atoms with Crippen LogP contribution in [0, 0.1) is 11.3 Å². The van der Waals surface area contributed by atoms with Crippen molar-refractivity contribution in [3.63, 3.8) is 0 Å². The number of nitriles is 1. The molecule has 0 radical (unpaired) electrons. The Morgan fingerprint density at radius 2 is 1.95 bits per heavy atom. The third-order valence-electron chi connectivity index (χ3n) is 2.24. The molecule has 1 aromatic carbocycles. The van der Waals surface area contributed by atoms with Crippen molar-refractivity contribution in [3.05, 3.63) is 28.7 Å². The normalized spacial score (nSPS) is 12.4. The van der Waals surface area contributed by atoms with E-state index in [4.69, 9.17) is 5.26 Å². The number of carbonyl (C=O) groups is 1. The molecule has 1 aromatic rings. The van der Waals surface area contributed by atoms with Crippen molar-refractivity contribution in [2.45, 2.75) is 38.8 Å². The summed E-state index contributed by atoms with van der Waals surface area (Å²) >= 11 is 3.35.